The average Bonchev–Trinajstić information content (AvgIpc) is 0.778. The number of unbranched alkanes of at least 4 members (excludes halogenated alkanes) is 1. The van der Waals surface area contributed by atoms with Crippen LogP contribution in [0, 0.1) is 0 Å². The summed E-state index contributed by atoms with van der Waals surface area (Å²) in [6, 6.07) is 122. The SMILES string of the molecule is O=C(CCNC(c1ccccc1)(c1ccccc1)c1ccccc1)NCCCC(=O)N(CCCCN(C(=O)CCCNC(=O)CCNC(c1ccccc1)(c1ccccc1)c1ccccc1)C(=O)CCNC(c1ccccc1)(c1ccccc1)c1ccccc1)C(=O)CCNC(c1ccccc1)(c1ccccc1)c1ccccc1. The fraction of sp³-hybridized carbons (Fsp3) is 0.220. The van der Waals surface area contributed by atoms with Crippen molar-refractivity contribution in [1.82, 2.24) is 41.7 Å². The van der Waals surface area contributed by atoms with E-state index in [1.165, 1.54) is 9.80 Å². The van der Waals surface area contributed by atoms with E-state index in [1.807, 2.05) is 218 Å². The molecule has 0 saturated carbocycles. The monoisotopic (exact) mass is 1510 g/mol. The van der Waals surface area contributed by atoms with Crippen LogP contribution in [0.1, 0.15) is 131 Å². The second kappa shape index (κ2) is 41.3. The molecule has 14 nitrogen and oxygen atoms in total. The van der Waals surface area contributed by atoms with Crippen LogP contribution in [-0.4, -0.2) is 97.6 Å². The lowest BCUT2D eigenvalue weighted by molar-refractivity contribution is -0.147. The third kappa shape index (κ3) is 19.9. The minimum atomic E-state index is -0.881. The topological polar surface area (TPSA) is 181 Å². The molecule has 0 aromatic heterocycles. The van der Waals surface area contributed by atoms with E-state index in [0.29, 0.717) is 13.1 Å². The summed E-state index contributed by atoms with van der Waals surface area (Å²) in [6.07, 6.45) is 1.22. The zero-order valence-corrected chi connectivity index (χ0v) is 64.7. The zero-order valence-electron chi connectivity index (χ0n) is 64.7. The highest BCUT2D eigenvalue weighted by atomic mass is 16.2. The van der Waals surface area contributed by atoms with E-state index in [-0.39, 0.29) is 127 Å². The van der Waals surface area contributed by atoms with Crippen LogP contribution >= 0.6 is 0 Å². The van der Waals surface area contributed by atoms with Gasteiger partial charge in [0.05, 0.1) is 22.2 Å². The molecule has 6 amide bonds. The highest BCUT2D eigenvalue weighted by molar-refractivity contribution is 5.96. The van der Waals surface area contributed by atoms with Crippen LogP contribution in [0.4, 0.5) is 0 Å². The van der Waals surface area contributed by atoms with Gasteiger partial charge in [-0.1, -0.05) is 364 Å². The third-order valence-corrected chi connectivity index (χ3v) is 21.4. The zero-order chi connectivity index (χ0) is 78.9. The van der Waals surface area contributed by atoms with Crippen molar-refractivity contribution < 1.29 is 28.8 Å². The maximum Gasteiger partial charge on any atom is 0.230 e. The summed E-state index contributed by atoms with van der Waals surface area (Å²) in [5.41, 5.74) is 8.71. The number of nitrogens with zero attached hydrogens (tertiary/aromatic N) is 2. The van der Waals surface area contributed by atoms with Crippen molar-refractivity contribution in [2.45, 2.75) is 86.4 Å². The van der Waals surface area contributed by atoms with E-state index in [0.717, 1.165) is 66.8 Å². The van der Waals surface area contributed by atoms with Crippen molar-refractivity contribution in [3.8, 4) is 0 Å². The van der Waals surface area contributed by atoms with Gasteiger partial charge in [0.15, 0.2) is 0 Å². The van der Waals surface area contributed by atoms with Gasteiger partial charge in [0.1, 0.15) is 0 Å². The molecule has 0 unspecified atom stereocenters. The normalized spacial score (nSPS) is 11.6. The van der Waals surface area contributed by atoms with E-state index >= 15 is 9.59 Å². The number of hydrogen-bond acceptors (Lipinski definition) is 10. The Bertz CT molecular complexity index is 4230. The molecule has 0 aliphatic rings. The molecule has 0 spiro atoms. The van der Waals surface area contributed by atoms with Crippen molar-refractivity contribution >= 4 is 35.4 Å². The molecule has 0 heterocycles. The Morgan fingerprint density at radius 2 is 0.351 bits per heavy atom. The van der Waals surface area contributed by atoms with Crippen molar-refractivity contribution in [3.05, 3.63) is 431 Å². The molecular weight excluding hydrogens is 1410 g/mol. The van der Waals surface area contributed by atoms with Gasteiger partial charge >= 0.3 is 0 Å². The first-order chi connectivity index (χ1) is 56.1. The van der Waals surface area contributed by atoms with Crippen LogP contribution in [0.25, 0.3) is 0 Å². The van der Waals surface area contributed by atoms with E-state index in [2.05, 4.69) is 177 Å². The number of hydrogen-bond donors (Lipinski definition) is 6. The van der Waals surface area contributed by atoms with Gasteiger partial charge in [-0.3, -0.25) is 59.8 Å². The summed E-state index contributed by atoms with van der Waals surface area (Å²) in [7, 11) is 0. The molecule has 0 aliphatic carbocycles. The Morgan fingerprint density at radius 3 is 0.526 bits per heavy atom. The molecule has 12 rings (SSSR count). The Morgan fingerprint density at radius 1 is 0.193 bits per heavy atom. The van der Waals surface area contributed by atoms with Gasteiger partial charge in [0.25, 0.3) is 0 Å². The Labute approximate surface area is 671 Å². The molecule has 0 aliphatic heterocycles. The molecular formula is C100H102N8O6. The molecule has 6 N–H and O–H groups in total. The van der Waals surface area contributed by atoms with Gasteiger partial charge in [0, 0.05) is 90.9 Å². The highest BCUT2D eigenvalue weighted by Gasteiger charge is 2.40. The molecule has 0 saturated heterocycles. The number of nitrogens with one attached hydrogen (secondary N) is 6. The van der Waals surface area contributed by atoms with Crippen LogP contribution < -0.4 is 31.9 Å². The standard InChI is InChI=1S/C100H102N8O6/c109-91(67-73-103-97(79-41-13-1-14-42-79,80-43-15-2-16-44-80)81-45-17-3-18-46-81)101-71-39-65-93(111)107(95(113)69-75-105-99(85-53-25-7-26-54-85,86-55-27-8-28-56-86)87-57-29-9-30-58-87)77-37-38-78-108(96(114)70-76-106-100(88-59-31-10-32-60-88,89-61-33-11-34-62-89)90-63-35-12-36-64-90)94(112)66-40-72-102-92(110)68-74-104-98(82-47-19-4-20-48-82,83-49-21-5-22-50-83)84-51-23-6-24-52-84/h1-36,41-64,103-106H,37-40,65-78H2,(H,101,109)(H,102,110). The van der Waals surface area contributed by atoms with E-state index in [9.17, 15) is 19.2 Å². The van der Waals surface area contributed by atoms with Gasteiger partial charge in [-0.15, -0.1) is 0 Å². The molecule has 0 fully saturated rings. The van der Waals surface area contributed by atoms with E-state index < -0.39 is 34.0 Å². The third-order valence-electron chi connectivity index (χ3n) is 21.4. The van der Waals surface area contributed by atoms with E-state index in [4.69, 9.17) is 0 Å². The number of benzene rings is 12. The largest absolute Gasteiger partial charge is 0.356 e. The minimum absolute atomic E-state index is 0.0124. The van der Waals surface area contributed by atoms with E-state index in [1.54, 1.807) is 0 Å². The van der Waals surface area contributed by atoms with Crippen molar-refractivity contribution in [2.24, 2.45) is 0 Å². The maximum atomic E-state index is 15.1. The first-order valence-corrected chi connectivity index (χ1v) is 39.9. The fourth-order valence-corrected chi connectivity index (χ4v) is 15.9. The average molecular weight is 1510 g/mol. The lowest BCUT2D eigenvalue weighted by Gasteiger charge is -2.37. The summed E-state index contributed by atoms with van der Waals surface area (Å²) in [5.74, 6) is -1.96. The predicted octanol–water partition coefficient (Wildman–Crippen LogP) is 16.2. The van der Waals surface area contributed by atoms with Crippen molar-refractivity contribution in [2.75, 3.05) is 52.4 Å². The molecule has 12 aromatic rings. The van der Waals surface area contributed by atoms with Gasteiger partial charge < -0.3 is 10.6 Å². The first-order valence-electron chi connectivity index (χ1n) is 39.9. The first kappa shape index (κ1) is 81.2. The maximum absolute atomic E-state index is 15.1. The van der Waals surface area contributed by atoms with Crippen LogP contribution in [0.15, 0.2) is 364 Å². The smallest absolute Gasteiger partial charge is 0.230 e. The highest BCUT2D eigenvalue weighted by Crippen LogP contribution is 2.41. The molecule has 14 heteroatoms. The van der Waals surface area contributed by atoms with Crippen molar-refractivity contribution in [1.29, 1.82) is 0 Å². The molecule has 0 radical (unpaired) electrons. The van der Waals surface area contributed by atoms with Crippen LogP contribution in [-0.2, 0) is 50.9 Å². The number of amides is 6. The van der Waals surface area contributed by atoms with Crippen LogP contribution in [0.5, 0.6) is 0 Å². The number of carbonyl (C=O) groups excluding carboxylic acids is 6. The fourth-order valence-electron chi connectivity index (χ4n) is 15.9. The Kier molecular flexibility index (Phi) is 29.4. The molecule has 0 atom stereocenters. The Hall–Kier alpha value is -12.3. The number of imide groups is 2. The number of rotatable bonds is 41. The van der Waals surface area contributed by atoms with Crippen molar-refractivity contribution in [3.63, 3.8) is 0 Å². The summed E-state index contributed by atoms with van der Waals surface area (Å²) in [5, 5.41) is 21.3. The molecule has 114 heavy (non-hydrogen) atoms. The second-order valence-electron chi connectivity index (χ2n) is 28.6. The summed E-state index contributed by atoms with van der Waals surface area (Å²) in [4.78, 5) is 90.2. The molecule has 12 aromatic carbocycles. The summed E-state index contributed by atoms with van der Waals surface area (Å²) >= 11 is 0. The lowest BCUT2D eigenvalue weighted by Crippen LogP contribution is -2.47. The molecule has 578 valence electrons. The Balaban J connectivity index is 0.745. The van der Waals surface area contributed by atoms with Gasteiger partial charge in [0.2, 0.25) is 35.4 Å². The van der Waals surface area contributed by atoms with Gasteiger partial charge in [-0.05, 0) is 92.4 Å². The van der Waals surface area contributed by atoms with Gasteiger partial charge in [-0.25, -0.2) is 0 Å². The minimum Gasteiger partial charge on any atom is -0.356 e. The van der Waals surface area contributed by atoms with Gasteiger partial charge in [-0.2, -0.15) is 0 Å². The number of carbonyl (C=O) groups is 6. The predicted molar refractivity (Wildman–Crippen MR) is 454 cm³/mol. The summed E-state index contributed by atoms with van der Waals surface area (Å²) < 4.78 is 0. The second-order valence-corrected chi connectivity index (χ2v) is 28.6. The quantitative estimate of drug-likeness (QED) is 0.0159. The summed E-state index contributed by atoms with van der Waals surface area (Å²) in [6.45, 7) is 1.46. The van der Waals surface area contributed by atoms with Crippen LogP contribution in [0.2, 0.25) is 0 Å². The lowest BCUT2D eigenvalue weighted by atomic mass is 9.77. The molecule has 0 bridgehead atoms. The van der Waals surface area contributed by atoms with Crippen LogP contribution in [0.3, 0.4) is 0 Å².